The summed E-state index contributed by atoms with van der Waals surface area (Å²) in [6, 6.07) is 18.8. The number of ether oxygens (including phenoxy) is 2. The van der Waals surface area contributed by atoms with E-state index in [1.165, 1.54) is 0 Å². The van der Waals surface area contributed by atoms with Crippen LogP contribution in [-0.4, -0.2) is 40.1 Å². The minimum atomic E-state index is -0.609. The summed E-state index contributed by atoms with van der Waals surface area (Å²) >= 11 is -0.443. The molecule has 0 aliphatic heterocycles. The molecule has 0 unspecified atom stereocenters. The fourth-order valence-electron chi connectivity index (χ4n) is 2.06. The van der Waals surface area contributed by atoms with Crippen molar-refractivity contribution < 1.29 is 19.1 Å². The van der Waals surface area contributed by atoms with E-state index in [0.717, 1.165) is 10.0 Å². The second-order valence-corrected chi connectivity index (χ2v) is 7.45. The summed E-state index contributed by atoms with van der Waals surface area (Å²) in [5.41, 5.74) is 0.803. The molecular weight excluding hydrogens is 407 g/mol. The molecule has 0 bridgehead atoms. The zero-order valence-electron chi connectivity index (χ0n) is 15.2. The van der Waals surface area contributed by atoms with Gasteiger partial charge in [0.25, 0.3) is 0 Å². The van der Waals surface area contributed by atoms with Crippen molar-refractivity contribution in [1.82, 2.24) is 0 Å². The van der Waals surface area contributed by atoms with Crippen molar-refractivity contribution >= 4 is 31.4 Å². The number of benzene rings is 2. The van der Waals surface area contributed by atoms with E-state index in [0.29, 0.717) is 0 Å². The summed E-state index contributed by atoms with van der Waals surface area (Å²) in [6.45, 7) is 3.86. The third-order valence-electron chi connectivity index (χ3n) is 3.24. The van der Waals surface area contributed by atoms with Crippen molar-refractivity contribution in [3.8, 4) is 11.8 Å². The van der Waals surface area contributed by atoms with Crippen LogP contribution in [0.1, 0.15) is 19.4 Å². The fourth-order valence-corrected chi connectivity index (χ4v) is 3.96. The van der Waals surface area contributed by atoms with Gasteiger partial charge in [-0.15, -0.1) is 0 Å². The van der Waals surface area contributed by atoms with Crippen molar-refractivity contribution in [1.29, 1.82) is 0 Å². The molecule has 2 aromatic carbocycles. The molecule has 138 valence electrons. The van der Waals surface area contributed by atoms with E-state index < -0.39 is 26.9 Å². The third kappa shape index (κ3) is 6.45. The Labute approximate surface area is 165 Å². The first kappa shape index (κ1) is 20.5. The van der Waals surface area contributed by atoms with Gasteiger partial charge in [-0.2, -0.15) is 0 Å². The normalized spacial score (nSPS) is 10.9. The van der Waals surface area contributed by atoms with Crippen LogP contribution in [-0.2, 0) is 19.1 Å². The predicted molar refractivity (Wildman–Crippen MR) is 105 cm³/mol. The first-order valence-electron chi connectivity index (χ1n) is 8.54. The Morgan fingerprint density at radius 2 is 1.41 bits per heavy atom. The Kier molecular flexibility index (Phi) is 8.38. The number of carbonyl (C=O) groups excluding carboxylic acids is 2. The molecule has 0 aromatic heterocycles. The van der Waals surface area contributed by atoms with Crippen LogP contribution in [0.3, 0.4) is 0 Å². The van der Waals surface area contributed by atoms with Crippen molar-refractivity contribution in [2.45, 2.75) is 13.8 Å². The Bertz CT molecular complexity index is 861. The summed E-state index contributed by atoms with van der Waals surface area (Å²) < 4.78 is 11.5. The number of hydrogen-bond acceptors (Lipinski definition) is 4. The molecule has 0 aliphatic carbocycles. The third-order valence-corrected chi connectivity index (χ3v) is 5.51. The summed E-state index contributed by atoms with van der Waals surface area (Å²) in [7, 11) is 0. The van der Waals surface area contributed by atoms with E-state index in [2.05, 4.69) is 11.8 Å². The first-order valence-corrected chi connectivity index (χ1v) is 10.3. The van der Waals surface area contributed by atoms with Gasteiger partial charge in [-0.25, -0.2) is 0 Å². The van der Waals surface area contributed by atoms with Crippen LogP contribution in [0.5, 0.6) is 0 Å². The van der Waals surface area contributed by atoms with Crippen LogP contribution < -0.4 is 4.46 Å². The van der Waals surface area contributed by atoms with E-state index in [1.54, 1.807) is 13.8 Å². The average Bonchev–Trinajstić information content (AvgIpc) is 2.69. The van der Waals surface area contributed by atoms with E-state index in [-0.39, 0.29) is 23.3 Å². The molecule has 0 amide bonds. The van der Waals surface area contributed by atoms with Gasteiger partial charge < -0.3 is 0 Å². The van der Waals surface area contributed by atoms with Gasteiger partial charge in [0.2, 0.25) is 0 Å². The predicted octanol–water partition coefficient (Wildman–Crippen LogP) is 2.45. The van der Waals surface area contributed by atoms with Crippen LogP contribution >= 0.6 is 0 Å². The van der Waals surface area contributed by atoms with Crippen LogP contribution in [0, 0.1) is 11.8 Å². The van der Waals surface area contributed by atoms with Crippen molar-refractivity contribution in [3.05, 3.63) is 76.3 Å². The molecule has 4 nitrogen and oxygen atoms in total. The van der Waals surface area contributed by atoms with E-state index in [9.17, 15) is 9.59 Å². The van der Waals surface area contributed by atoms with Crippen molar-refractivity contribution in [2.24, 2.45) is 0 Å². The van der Waals surface area contributed by atoms with Crippen molar-refractivity contribution in [3.63, 3.8) is 0 Å². The summed E-state index contributed by atoms with van der Waals surface area (Å²) in [5.74, 6) is 4.65. The molecule has 2 rings (SSSR count). The average molecular weight is 427 g/mol. The van der Waals surface area contributed by atoms with E-state index in [1.807, 2.05) is 60.7 Å². The van der Waals surface area contributed by atoms with Gasteiger partial charge in [-0.3, -0.25) is 0 Å². The van der Waals surface area contributed by atoms with Gasteiger partial charge in [0.1, 0.15) is 0 Å². The van der Waals surface area contributed by atoms with Gasteiger partial charge >= 0.3 is 166 Å². The van der Waals surface area contributed by atoms with Gasteiger partial charge in [-0.1, -0.05) is 0 Å². The minimum absolute atomic E-state index is 0.0583. The summed E-state index contributed by atoms with van der Waals surface area (Å²) in [4.78, 5) is 25.1. The number of esters is 2. The molecule has 5 heteroatoms. The van der Waals surface area contributed by atoms with Crippen molar-refractivity contribution in [2.75, 3.05) is 13.2 Å². The Hall–Kier alpha value is -2.80. The maximum atomic E-state index is 12.6. The van der Waals surface area contributed by atoms with E-state index in [4.69, 9.17) is 9.47 Å². The second-order valence-electron chi connectivity index (χ2n) is 5.18. The molecule has 0 aliphatic rings. The Balaban J connectivity index is 2.53. The van der Waals surface area contributed by atoms with Crippen LogP contribution in [0.25, 0.3) is 0 Å². The molecule has 27 heavy (non-hydrogen) atoms. The SMILES string of the molecule is CCOC(=O)/C(C#Cc1ccccc1)=C(/[Se]c1ccccc1)C(=O)OCC. The molecule has 2 aromatic rings. The molecule has 0 heterocycles. The maximum absolute atomic E-state index is 12.6. The Morgan fingerprint density at radius 1 is 0.852 bits per heavy atom. The molecule has 0 fully saturated rings. The van der Waals surface area contributed by atoms with Crippen LogP contribution in [0.15, 0.2) is 70.7 Å². The number of carbonyl (C=O) groups is 2. The van der Waals surface area contributed by atoms with Gasteiger partial charge in [0, 0.05) is 0 Å². The van der Waals surface area contributed by atoms with Crippen LogP contribution in [0.2, 0.25) is 0 Å². The van der Waals surface area contributed by atoms with E-state index >= 15 is 0 Å². The fraction of sp³-hybridized carbons (Fsp3) is 0.182. The van der Waals surface area contributed by atoms with Gasteiger partial charge in [-0.05, 0) is 0 Å². The number of hydrogen-bond donors (Lipinski definition) is 0. The monoisotopic (exact) mass is 428 g/mol. The molecule has 0 saturated heterocycles. The number of rotatable bonds is 6. The molecular formula is C22H20O4Se. The standard InChI is InChI=1S/C22H20O4Se/c1-3-25-21(23)19(16-15-17-11-7-5-8-12-17)20(22(24)26-4-2)27-18-13-9-6-10-14-18/h5-14H,3-4H2,1-2H3/b20-19+. The molecule has 0 spiro atoms. The summed E-state index contributed by atoms with van der Waals surface area (Å²) in [6.07, 6.45) is 0. The molecule has 0 N–H and O–H groups in total. The quantitative estimate of drug-likeness (QED) is 0.308. The van der Waals surface area contributed by atoms with Crippen LogP contribution in [0.4, 0.5) is 0 Å². The topological polar surface area (TPSA) is 52.6 Å². The summed E-state index contributed by atoms with van der Waals surface area (Å²) in [5, 5.41) is 0. The Morgan fingerprint density at radius 3 is 2.00 bits per heavy atom. The second kappa shape index (κ2) is 11.0. The molecule has 0 radical (unpaired) electrons. The first-order chi connectivity index (χ1) is 13.2. The zero-order chi connectivity index (χ0) is 19.5. The zero-order valence-corrected chi connectivity index (χ0v) is 16.9. The molecule has 0 saturated carbocycles. The molecule has 0 atom stereocenters. The van der Waals surface area contributed by atoms with Gasteiger partial charge in [0.05, 0.1) is 0 Å². The van der Waals surface area contributed by atoms with Gasteiger partial charge in [0.15, 0.2) is 0 Å².